The van der Waals surface area contributed by atoms with E-state index >= 15 is 0 Å². The van der Waals surface area contributed by atoms with Crippen LogP contribution in [-0.2, 0) is 0 Å². The molecule has 0 saturated heterocycles. The molecule has 1 aromatic heterocycles. The number of benzene rings is 1. The average molecular weight is 356 g/mol. The first kappa shape index (κ1) is 15.7. The number of hydrogen-bond acceptors (Lipinski definition) is 5. The van der Waals surface area contributed by atoms with Gasteiger partial charge in [0.05, 0.1) is 33.6 Å². The summed E-state index contributed by atoms with van der Waals surface area (Å²) in [5, 5.41) is 3.26. The fourth-order valence-electron chi connectivity index (χ4n) is 2.34. The van der Waals surface area contributed by atoms with Crippen LogP contribution in [0.25, 0.3) is 0 Å². The van der Waals surface area contributed by atoms with Gasteiger partial charge in [-0.2, -0.15) is 0 Å². The molecule has 0 bridgehead atoms. The molecule has 0 aliphatic carbocycles. The van der Waals surface area contributed by atoms with E-state index in [1.165, 1.54) is 0 Å². The fraction of sp³-hybridized carbons (Fsp3) is 0.333. The third-order valence-corrected chi connectivity index (χ3v) is 3.94. The second kappa shape index (κ2) is 6.87. The van der Waals surface area contributed by atoms with E-state index < -0.39 is 0 Å². The Hall–Kier alpha value is -1.66. The highest BCUT2D eigenvalue weighted by molar-refractivity contribution is 9.10. The van der Waals surface area contributed by atoms with Crippen LogP contribution >= 0.6 is 15.9 Å². The molecule has 114 valence electrons. The van der Waals surface area contributed by atoms with Crippen molar-refractivity contribution in [2.24, 2.45) is 0 Å². The van der Waals surface area contributed by atoms with Crippen LogP contribution in [0.3, 0.4) is 0 Å². The molecule has 2 rings (SSSR count). The third kappa shape index (κ3) is 2.87. The molecule has 1 N–H and O–H groups in total. The maximum absolute atomic E-state index is 5.54. The van der Waals surface area contributed by atoms with Crippen LogP contribution in [0.4, 0.5) is 0 Å². The molecule has 0 aliphatic heterocycles. The van der Waals surface area contributed by atoms with Crippen LogP contribution in [0.15, 0.2) is 33.5 Å². The second-order valence-electron chi connectivity index (χ2n) is 4.29. The highest BCUT2D eigenvalue weighted by Crippen LogP contribution is 2.44. The monoisotopic (exact) mass is 355 g/mol. The molecule has 1 atom stereocenters. The van der Waals surface area contributed by atoms with Crippen LogP contribution in [0.5, 0.6) is 17.2 Å². The van der Waals surface area contributed by atoms with Crippen molar-refractivity contribution in [3.05, 3.63) is 40.3 Å². The predicted molar refractivity (Wildman–Crippen MR) is 83.4 cm³/mol. The Kier molecular flexibility index (Phi) is 5.14. The minimum atomic E-state index is -0.104. The normalized spacial score (nSPS) is 12.0. The summed E-state index contributed by atoms with van der Waals surface area (Å²) in [6, 6.07) is 5.60. The van der Waals surface area contributed by atoms with E-state index in [-0.39, 0.29) is 6.04 Å². The molecular formula is C15H18BrNO4. The standard InChI is InChI=1S/C15H18BrNO4/c1-17-12(10-7-8-21-15(10)16)9-5-6-11(18-2)14(20-4)13(9)19-3/h5-8,12,17H,1-4H3. The Labute approximate surface area is 132 Å². The smallest absolute Gasteiger partial charge is 0.203 e. The maximum atomic E-state index is 5.54. The maximum Gasteiger partial charge on any atom is 0.203 e. The zero-order valence-electron chi connectivity index (χ0n) is 12.4. The van der Waals surface area contributed by atoms with Gasteiger partial charge in [0.15, 0.2) is 16.2 Å². The summed E-state index contributed by atoms with van der Waals surface area (Å²) < 4.78 is 22.3. The summed E-state index contributed by atoms with van der Waals surface area (Å²) in [6.45, 7) is 0. The fourth-order valence-corrected chi connectivity index (χ4v) is 2.81. The Bertz CT molecular complexity index is 612. The lowest BCUT2D eigenvalue weighted by atomic mass is 9.99. The van der Waals surface area contributed by atoms with Gasteiger partial charge in [-0.1, -0.05) is 0 Å². The molecule has 0 aliphatic rings. The van der Waals surface area contributed by atoms with E-state index in [0.29, 0.717) is 21.9 Å². The van der Waals surface area contributed by atoms with E-state index in [4.69, 9.17) is 18.6 Å². The van der Waals surface area contributed by atoms with E-state index in [2.05, 4.69) is 21.2 Å². The van der Waals surface area contributed by atoms with E-state index in [9.17, 15) is 0 Å². The van der Waals surface area contributed by atoms with Gasteiger partial charge in [0.2, 0.25) is 5.75 Å². The zero-order chi connectivity index (χ0) is 15.4. The van der Waals surface area contributed by atoms with E-state index in [1.807, 2.05) is 25.2 Å². The van der Waals surface area contributed by atoms with Crippen LogP contribution in [0.2, 0.25) is 0 Å². The van der Waals surface area contributed by atoms with E-state index in [0.717, 1.165) is 11.1 Å². The molecule has 5 nitrogen and oxygen atoms in total. The van der Waals surface area contributed by atoms with Crippen LogP contribution in [-0.4, -0.2) is 28.4 Å². The molecule has 0 saturated carbocycles. The molecule has 0 fully saturated rings. The Balaban J connectivity index is 2.59. The highest BCUT2D eigenvalue weighted by atomic mass is 79.9. The van der Waals surface area contributed by atoms with Crippen molar-refractivity contribution in [2.75, 3.05) is 28.4 Å². The first-order valence-corrected chi connectivity index (χ1v) is 7.16. The number of nitrogens with one attached hydrogen (secondary N) is 1. The van der Waals surface area contributed by atoms with Gasteiger partial charge in [-0.15, -0.1) is 0 Å². The number of methoxy groups -OCH3 is 3. The van der Waals surface area contributed by atoms with Crippen LogP contribution < -0.4 is 19.5 Å². The van der Waals surface area contributed by atoms with E-state index in [1.54, 1.807) is 27.6 Å². The average Bonchev–Trinajstić information content (AvgIpc) is 2.93. The summed E-state index contributed by atoms with van der Waals surface area (Å²) in [4.78, 5) is 0. The lowest BCUT2D eigenvalue weighted by molar-refractivity contribution is 0.320. The van der Waals surface area contributed by atoms with Crippen molar-refractivity contribution < 1.29 is 18.6 Å². The SMILES string of the molecule is CNC(c1ccoc1Br)c1ccc(OC)c(OC)c1OC. The van der Waals surface area contributed by atoms with Crippen molar-refractivity contribution in [1.82, 2.24) is 5.32 Å². The Morgan fingerprint density at radius 3 is 2.19 bits per heavy atom. The minimum absolute atomic E-state index is 0.104. The molecule has 0 spiro atoms. The molecule has 0 amide bonds. The number of furan rings is 1. The Morgan fingerprint density at radius 1 is 1.00 bits per heavy atom. The van der Waals surface area contributed by atoms with Crippen molar-refractivity contribution in [3.8, 4) is 17.2 Å². The van der Waals surface area contributed by atoms with Crippen LogP contribution in [0, 0.1) is 0 Å². The summed E-state index contributed by atoms with van der Waals surface area (Å²) in [7, 11) is 6.67. The van der Waals surface area contributed by atoms with Crippen molar-refractivity contribution >= 4 is 15.9 Å². The van der Waals surface area contributed by atoms with Gasteiger partial charge in [-0.3, -0.25) is 0 Å². The lowest BCUT2D eigenvalue weighted by Crippen LogP contribution is -2.18. The number of halogens is 1. The van der Waals surface area contributed by atoms with Crippen LogP contribution in [0.1, 0.15) is 17.2 Å². The lowest BCUT2D eigenvalue weighted by Gasteiger charge is -2.21. The second-order valence-corrected chi connectivity index (χ2v) is 5.02. The summed E-state index contributed by atoms with van der Waals surface area (Å²) >= 11 is 3.41. The summed E-state index contributed by atoms with van der Waals surface area (Å²) in [5.41, 5.74) is 1.91. The molecule has 1 unspecified atom stereocenters. The third-order valence-electron chi connectivity index (χ3n) is 3.29. The number of rotatable bonds is 6. The van der Waals surface area contributed by atoms with Gasteiger partial charge in [0.1, 0.15) is 0 Å². The number of ether oxygens (including phenoxy) is 3. The largest absolute Gasteiger partial charge is 0.493 e. The van der Waals surface area contributed by atoms with Gasteiger partial charge in [-0.25, -0.2) is 0 Å². The molecule has 2 aromatic rings. The first-order valence-electron chi connectivity index (χ1n) is 6.36. The van der Waals surface area contributed by atoms with Crippen molar-refractivity contribution in [3.63, 3.8) is 0 Å². The molecule has 21 heavy (non-hydrogen) atoms. The summed E-state index contributed by atoms with van der Waals surface area (Å²) in [5.74, 6) is 1.82. The van der Waals surface area contributed by atoms with Gasteiger partial charge >= 0.3 is 0 Å². The van der Waals surface area contributed by atoms with Gasteiger partial charge in [0.25, 0.3) is 0 Å². The molecular weight excluding hydrogens is 338 g/mol. The van der Waals surface area contributed by atoms with Gasteiger partial charge in [0, 0.05) is 11.1 Å². The minimum Gasteiger partial charge on any atom is -0.493 e. The molecule has 1 aromatic carbocycles. The van der Waals surface area contributed by atoms with Crippen molar-refractivity contribution in [1.29, 1.82) is 0 Å². The quantitative estimate of drug-likeness (QED) is 0.860. The van der Waals surface area contributed by atoms with Gasteiger partial charge in [-0.05, 0) is 41.2 Å². The predicted octanol–water partition coefficient (Wildman–Crippen LogP) is 3.38. The molecule has 0 radical (unpaired) electrons. The molecule has 6 heteroatoms. The van der Waals surface area contributed by atoms with Crippen molar-refractivity contribution in [2.45, 2.75) is 6.04 Å². The molecule has 1 heterocycles. The number of hydrogen-bond donors (Lipinski definition) is 1. The Morgan fingerprint density at radius 2 is 1.71 bits per heavy atom. The topological polar surface area (TPSA) is 52.9 Å². The first-order chi connectivity index (χ1) is 10.2. The summed E-state index contributed by atoms with van der Waals surface area (Å²) in [6.07, 6.45) is 1.64. The highest BCUT2D eigenvalue weighted by Gasteiger charge is 2.24. The zero-order valence-corrected chi connectivity index (χ0v) is 14.0. The van der Waals surface area contributed by atoms with Gasteiger partial charge < -0.3 is 23.9 Å².